The van der Waals surface area contributed by atoms with Gasteiger partial charge in [0.05, 0.1) is 12.1 Å². The van der Waals surface area contributed by atoms with Crippen LogP contribution in [0.2, 0.25) is 0 Å². The number of nitrogens with zero attached hydrogens (tertiary/aromatic N) is 3. The van der Waals surface area contributed by atoms with Crippen molar-refractivity contribution in [1.29, 1.82) is 5.41 Å². The van der Waals surface area contributed by atoms with Gasteiger partial charge in [0.15, 0.2) is 0 Å². The van der Waals surface area contributed by atoms with E-state index in [1.165, 1.54) is 0 Å². The number of pyridine rings is 1. The third kappa shape index (κ3) is 5.70. The first-order chi connectivity index (χ1) is 14.2. The number of amides is 1. The van der Waals surface area contributed by atoms with Crippen LogP contribution in [0.25, 0.3) is 11.3 Å². The Balaban J connectivity index is 1.67. The van der Waals surface area contributed by atoms with Crippen molar-refractivity contribution in [3.63, 3.8) is 0 Å². The SMILES string of the molecule is CN/C(=C\C=N)Nc1nccc(-c2ccc(NC(=O)Cc3ccccc3)nc2)n1. The summed E-state index contributed by atoms with van der Waals surface area (Å²) in [4.78, 5) is 25.1. The monoisotopic (exact) mass is 387 g/mol. The van der Waals surface area contributed by atoms with Crippen molar-refractivity contribution in [2.75, 3.05) is 17.7 Å². The lowest BCUT2D eigenvalue weighted by Gasteiger charge is -2.09. The fourth-order valence-electron chi connectivity index (χ4n) is 2.56. The van der Waals surface area contributed by atoms with E-state index in [-0.39, 0.29) is 5.91 Å². The molecule has 1 amide bonds. The number of hydrogen-bond donors (Lipinski definition) is 4. The van der Waals surface area contributed by atoms with Gasteiger partial charge in [-0.05, 0) is 29.8 Å². The molecule has 3 aromatic rings. The Morgan fingerprint density at radius 3 is 2.59 bits per heavy atom. The molecule has 146 valence electrons. The van der Waals surface area contributed by atoms with E-state index < -0.39 is 0 Å². The summed E-state index contributed by atoms with van der Waals surface area (Å²) in [6, 6.07) is 14.9. The normalized spacial score (nSPS) is 10.9. The quantitative estimate of drug-likeness (QED) is 0.442. The largest absolute Gasteiger partial charge is 0.375 e. The second-order valence-corrected chi connectivity index (χ2v) is 6.03. The Hall–Kier alpha value is -4.07. The molecule has 0 saturated carbocycles. The van der Waals surface area contributed by atoms with Gasteiger partial charge < -0.3 is 21.4 Å². The zero-order valence-corrected chi connectivity index (χ0v) is 15.9. The van der Waals surface area contributed by atoms with Crippen LogP contribution in [0, 0.1) is 5.41 Å². The number of allylic oxidation sites excluding steroid dienone is 1. The highest BCUT2D eigenvalue weighted by atomic mass is 16.1. The minimum absolute atomic E-state index is 0.123. The summed E-state index contributed by atoms with van der Waals surface area (Å²) < 4.78 is 0. The van der Waals surface area contributed by atoms with Crippen molar-refractivity contribution in [2.45, 2.75) is 6.42 Å². The first-order valence-electron chi connectivity index (χ1n) is 8.96. The molecule has 0 bridgehead atoms. The molecular formula is C21H21N7O. The number of benzene rings is 1. The fourth-order valence-corrected chi connectivity index (χ4v) is 2.56. The molecular weight excluding hydrogens is 366 g/mol. The molecule has 0 saturated heterocycles. The summed E-state index contributed by atoms with van der Waals surface area (Å²) in [7, 11) is 1.74. The average Bonchev–Trinajstić information content (AvgIpc) is 2.75. The number of nitrogens with one attached hydrogen (secondary N) is 4. The van der Waals surface area contributed by atoms with Gasteiger partial charge in [0.2, 0.25) is 11.9 Å². The molecule has 2 heterocycles. The van der Waals surface area contributed by atoms with E-state index in [1.54, 1.807) is 37.7 Å². The maximum absolute atomic E-state index is 12.2. The molecule has 0 aliphatic rings. The molecule has 8 nitrogen and oxygen atoms in total. The highest BCUT2D eigenvalue weighted by Gasteiger charge is 2.07. The third-order valence-electron chi connectivity index (χ3n) is 3.96. The number of anilines is 2. The van der Waals surface area contributed by atoms with Gasteiger partial charge in [-0.2, -0.15) is 0 Å². The molecule has 0 atom stereocenters. The van der Waals surface area contributed by atoms with Gasteiger partial charge in [-0.25, -0.2) is 15.0 Å². The Kier molecular flexibility index (Phi) is 6.62. The zero-order chi connectivity index (χ0) is 20.5. The van der Waals surface area contributed by atoms with Crippen LogP contribution in [0.15, 0.2) is 72.8 Å². The average molecular weight is 387 g/mol. The van der Waals surface area contributed by atoms with Crippen LogP contribution >= 0.6 is 0 Å². The van der Waals surface area contributed by atoms with Crippen molar-refractivity contribution in [3.05, 3.63) is 78.4 Å². The van der Waals surface area contributed by atoms with Crippen molar-refractivity contribution in [3.8, 4) is 11.3 Å². The van der Waals surface area contributed by atoms with E-state index in [0.29, 0.717) is 29.7 Å². The molecule has 0 unspecified atom stereocenters. The maximum atomic E-state index is 12.2. The van der Waals surface area contributed by atoms with Crippen LogP contribution < -0.4 is 16.0 Å². The molecule has 29 heavy (non-hydrogen) atoms. The molecule has 0 fully saturated rings. The number of aromatic nitrogens is 3. The molecule has 8 heteroatoms. The molecule has 3 rings (SSSR count). The van der Waals surface area contributed by atoms with Crippen LogP contribution in [0.4, 0.5) is 11.8 Å². The topological polar surface area (TPSA) is 116 Å². The van der Waals surface area contributed by atoms with E-state index in [2.05, 4.69) is 30.9 Å². The van der Waals surface area contributed by atoms with Gasteiger partial charge in [-0.15, -0.1) is 0 Å². The summed E-state index contributed by atoms with van der Waals surface area (Å²) in [6.07, 6.45) is 6.30. The molecule has 1 aromatic carbocycles. The molecule has 2 aromatic heterocycles. The number of carbonyl (C=O) groups is 1. The first kappa shape index (κ1) is 19.7. The predicted molar refractivity (Wildman–Crippen MR) is 114 cm³/mol. The van der Waals surface area contributed by atoms with E-state index in [9.17, 15) is 4.79 Å². The van der Waals surface area contributed by atoms with Gasteiger partial charge in [-0.3, -0.25) is 4.79 Å². The lowest BCUT2D eigenvalue weighted by molar-refractivity contribution is -0.115. The summed E-state index contributed by atoms with van der Waals surface area (Å²) in [5.74, 6) is 1.35. The van der Waals surface area contributed by atoms with E-state index >= 15 is 0 Å². The van der Waals surface area contributed by atoms with Crippen molar-refractivity contribution < 1.29 is 4.79 Å². The van der Waals surface area contributed by atoms with Gasteiger partial charge >= 0.3 is 0 Å². The molecule has 0 aliphatic heterocycles. The predicted octanol–water partition coefficient (Wildman–Crippen LogP) is 2.84. The van der Waals surface area contributed by atoms with Crippen LogP contribution in [0.3, 0.4) is 0 Å². The highest BCUT2D eigenvalue weighted by Crippen LogP contribution is 2.18. The Bertz CT molecular complexity index is 1000. The molecule has 0 aliphatic carbocycles. The lowest BCUT2D eigenvalue weighted by Crippen LogP contribution is -2.16. The summed E-state index contributed by atoms with van der Waals surface area (Å²) >= 11 is 0. The number of rotatable bonds is 8. The van der Waals surface area contributed by atoms with E-state index in [4.69, 9.17) is 5.41 Å². The summed E-state index contributed by atoms with van der Waals surface area (Å²) in [5, 5.41) is 15.9. The Morgan fingerprint density at radius 1 is 1.07 bits per heavy atom. The zero-order valence-electron chi connectivity index (χ0n) is 15.9. The van der Waals surface area contributed by atoms with Crippen LogP contribution in [-0.4, -0.2) is 34.1 Å². The van der Waals surface area contributed by atoms with Crippen molar-refractivity contribution in [2.24, 2.45) is 0 Å². The standard InChI is InChI=1S/C21H21N7O/c1-23-18(9-11-22)28-21-24-12-10-17(26-21)16-7-8-19(25-14-16)27-20(29)13-15-5-3-2-4-6-15/h2-12,14,22-23H,13H2,1H3,(H,24,26,28)(H,25,27,29)/b18-9+,22-11?. The van der Waals surface area contributed by atoms with Crippen molar-refractivity contribution >= 4 is 23.9 Å². The number of hydrogen-bond acceptors (Lipinski definition) is 7. The van der Waals surface area contributed by atoms with Crippen LogP contribution in [0.1, 0.15) is 5.56 Å². The van der Waals surface area contributed by atoms with Gasteiger partial charge in [0.25, 0.3) is 0 Å². The molecule has 0 spiro atoms. The highest BCUT2D eigenvalue weighted by molar-refractivity contribution is 5.91. The second kappa shape index (κ2) is 9.75. The smallest absolute Gasteiger partial charge is 0.229 e. The fraction of sp³-hybridized carbons (Fsp3) is 0.0952. The van der Waals surface area contributed by atoms with E-state index in [1.807, 2.05) is 36.4 Å². The lowest BCUT2D eigenvalue weighted by atomic mass is 10.1. The van der Waals surface area contributed by atoms with Gasteiger partial charge in [0, 0.05) is 31.2 Å². The Morgan fingerprint density at radius 2 is 1.90 bits per heavy atom. The van der Waals surface area contributed by atoms with E-state index in [0.717, 1.165) is 17.3 Å². The molecule has 0 radical (unpaired) electrons. The first-order valence-corrected chi connectivity index (χ1v) is 8.96. The minimum Gasteiger partial charge on any atom is -0.375 e. The summed E-state index contributed by atoms with van der Waals surface area (Å²) in [5.41, 5.74) is 2.42. The summed E-state index contributed by atoms with van der Waals surface area (Å²) in [6.45, 7) is 0. The number of carbonyl (C=O) groups excluding carboxylic acids is 1. The molecule has 4 N–H and O–H groups in total. The Labute approximate surface area is 168 Å². The van der Waals surface area contributed by atoms with Crippen LogP contribution in [-0.2, 0) is 11.2 Å². The van der Waals surface area contributed by atoms with Crippen molar-refractivity contribution in [1.82, 2.24) is 20.3 Å². The minimum atomic E-state index is -0.123. The van der Waals surface area contributed by atoms with Gasteiger partial charge in [-0.1, -0.05) is 30.3 Å². The van der Waals surface area contributed by atoms with Gasteiger partial charge in [0.1, 0.15) is 11.6 Å². The third-order valence-corrected chi connectivity index (χ3v) is 3.96. The second-order valence-electron chi connectivity index (χ2n) is 6.03. The maximum Gasteiger partial charge on any atom is 0.229 e. The van der Waals surface area contributed by atoms with Crippen LogP contribution in [0.5, 0.6) is 0 Å².